The van der Waals surface area contributed by atoms with Gasteiger partial charge in [-0.1, -0.05) is 13.0 Å². The van der Waals surface area contributed by atoms with Crippen molar-refractivity contribution in [3.8, 4) is 0 Å². The summed E-state index contributed by atoms with van der Waals surface area (Å²) in [6.45, 7) is 4.45. The molecule has 76 valence electrons. The summed E-state index contributed by atoms with van der Waals surface area (Å²) in [7, 11) is 0. The van der Waals surface area contributed by atoms with Crippen molar-refractivity contribution in [2.75, 3.05) is 0 Å². The molecule has 1 N–H and O–H groups in total. The van der Waals surface area contributed by atoms with E-state index in [0.717, 1.165) is 0 Å². The minimum atomic E-state index is 0.205. The molecule has 0 spiro atoms. The van der Waals surface area contributed by atoms with E-state index in [9.17, 15) is 0 Å². The van der Waals surface area contributed by atoms with Crippen molar-refractivity contribution >= 4 is 0 Å². The predicted octanol–water partition coefficient (Wildman–Crippen LogP) is 2.46. The van der Waals surface area contributed by atoms with Gasteiger partial charge in [0.05, 0.1) is 11.2 Å². The standard InChI is InChI=1S/C12H18N2/c1-3-10(2)14-12(7-8-12)11-6-4-5-9-13-11/h4-6,9-10,14H,3,7-8H2,1-2H3. The second kappa shape index (κ2) is 3.70. The molecule has 14 heavy (non-hydrogen) atoms. The molecule has 0 radical (unpaired) electrons. The van der Waals surface area contributed by atoms with E-state index in [1.54, 1.807) is 0 Å². The molecule has 1 aliphatic rings. The molecule has 2 heteroatoms. The van der Waals surface area contributed by atoms with E-state index >= 15 is 0 Å². The van der Waals surface area contributed by atoms with Crippen molar-refractivity contribution in [1.82, 2.24) is 10.3 Å². The van der Waals surface area contributed by atoms with Gasteiger partial charge in [0.25, 0.3) is 0 Å². The number of hydrogen-bond acceptors (Lipinski definition) is 2. The van der Waals surface area contributed by atoms with Crippen LogP contribution in [0.15, 0.2) is 24.4 Å². The molecular formula is C12H18N2. The molecule has 1 aromatic heterocycles. The lowest BCUT2D eigenvalue weighted by molar-refractivity contribution is 0.423. The van der Waals surface area contributed by atoms with Gasteiger partial charge in [0.15, 0.2) is 0 Å². The van der Waals surface area contributed by atoms with Crippen molar-refractivity contribution in [2.24, 2.45) is 0 Å². The van der Waals surface area contributed by atoms with Gasteiger partial charge >= 0.3 is 0 Å². The van der Waals surface area contributed by atoms with Crippen molar-refractivity contribution in [3.05, 3.63) is 30.1 Å². The smallest absolute Gasteiger partial charge is 0.0612 e. The fourth-order valence-electron chi connectivity index (χ4n) is 1.82. The van der Waals surface area contributed by atoms with Crippen LogP contribution in [-0.4, -0.2) is 11.0 Å². The van der Waals surface area contributed by atoms with Crippen LogP contribution in [0, 0.1) is 0 Å². The molecular weight excluding hydrogens is 172 g/mol. The Morgan fingerprint density at radius 2 is 2.29 bits per heavy atom. The molecule has 1 aliphatic carbocycles. The van der Waals surface area contributed by atoms with E-state index in [2.05, 4.69) is 36.3 Å². The molecule has 0 aromatic carbocycles. The van der Waals surface area contributed by atoms with E-state index in [1.165, 1.54) is 25.0 Å². The molecule has 1 fully saturated rings. The van der Waals surface area contributed by atoms with Crippen LogP contribution in [0.4, 0.5) is 0 Å². The number of nitrogens with one attached hydrogen (secondary N) is 1. The Bertz CT molecular complexity index is 290. The summed E-state index contributed by atoms with van der Waals surface area (Å²) in [5.74, 6) is 0. The summed E-state index contributed by atoms with van der Waals surface area (Å²) in [6.07, 6.45) is 5.52. The van der Waals surface area contributed by atoms with E-state index in [0.29, 0.717) is 6.04 Å². The van der Waals surface area contributed by atoms with Crippen LogP contribution in [0.3, 0.4) is 0 Å². The Kier molecular flexibility index (Phi) is 2.55. The van der Waals surface area contributed by atoms with E-state index in [4.69, 9.17) is 0 Å². The monoisotopic (exact) mass is 190 g/mol. The average Bonchev–Trinajstić information content (AvgIpc) is 3.00. The van der Waals surface area contributed by atoms with Gasteiger partial charge in [0, 0.05) is 12.2 Å². The van der Waals surface area contributed by atoms with Crippen LogP contribution in [0.2, 0.25) is 0 Å². The largest absolute Gasteiger partial charge is 0.304 e. The van der Waals surface area contributed by atoms with E-state index in [-0.39, 0.29) is 5.54 Å². The molecule has 1 atom stereocenters. The minimum Gasteiger partial charge on any atom is -0.304 e. The zero-order valence-electron chi connectivity index (χ0n) is 8.96. The average molecular weight is 190 g/mol. The first kappa shape index (κ1) is 9.66. The van der Waals surface area contributed by atoms with Crippen molar-refractivity contribution in [3.63, 3.8) is 0 Å². The van der Waals surface area contributed by atoms with E-state index < -0.39 is 0 Å². The number of rotatable bonds is 4. The highest BCUT2D eigenvalue weighted by Gasteiger charge is 2.45. The molecule has 0 saturated heterocycles. The normalized spacial score (nSPS) is 20.4. The second-order valence-corrected chi connectivity index (χ2v) is 4.25. The Labute approximate surface area is 85.7 Å². The molecule has 2 rings (SSSR count). The Morgan fingerprint density at radius 3 is 2.79 bits per heavy atom. The molecule has 1 heterocycles. The quantitative estimate of drug-likeness (QED) is 0.789. The molecule has 0 aliphatic heterocycles. The highest BCUT2D eigenvalue weighted by molar-refractivity contribution is 5.23. The maximum atomic E-state index is 4.44. The third-order valence-electron chi connectivity index (χ3n) is 3.04. The Morgan fingerprint density at radius 1 is 1.50 bits per heavy atom. The highest BCUT2D eigenvalue weighted by atomic mass is 15.1. The lowest BCUT2D eigenvalue weighted by Crippen LogP contribution is -2.36. The van der Waals surface area contributed by atoms with Gasteiger partial charge in [0.1, 0.15) is 0 Å². The fourth-order valence-corrected chi connectivity index (χ4v) is 1.82. The van der Waals surface area contributed by atoms with E-state index in [1.807, 2.05) is 12.3 Å². The summed E-state index contributed by atoms with van der Waals surface area (Å²) < 4.78 is 0. The minimum absolute atomic E-state index is 0.205. The van der Waals surface area contributed by atoms with Crippen molar-refractivity contribution in [2.45, 2.75) is 44.7 Å². The molecule has 0 bridgehead atoms. The number of pyridine rings is 1. The summed E-state index contributed by atoms with van der Waals surface area (Å²) in [6, 6.07) is 6.76. The number of nitrogens with zero attached hydrogens (tertiary/aromatic N) is 1. The Hall–Kier alpha value is -0.890. The lowest BCUT2D eigenvalue weighted by atomic mass is 10.1. The van der Waals surface area contributed by atoms with Crippen molar-refractivity contribution < 1.29 is 0 Å². The predicted molar refractivity (Wildman–Crippen MR) is 58.0 cm³/mol. The lowest BCUT2D eigenvalue weighted by Gasteiger charge is -2.21. The van der Waals surface area contributed by atoms with Gasteiger partial charge in [-0.15, -0.1) is 0 Å². The molecule has 1 saturated carbocycles. The summed E-state index contributed by atoms with van der Waals surface area (Å²) >= 11 is 0. The topological polar surface area (TPSA) is 24.9 Å². The van der Waals surface area contributed by atoms with Gasteiger partial charge in [-0.3, -0.25) is 4.98 Å². The van der Waals surface area contributed by atoms with Crippen LogP contribution >= 0.6 is 0 Å². The maximum absolute atomic E-state index is 4.44. The maximum Gasteiger partial charge on any atom is 0.0612 e. The number of aromatic nitrogens is 1. The van der Waals surface area contributed by atoms with Crippen LogP contribution in [0.1, 0.15) is 38.8 Å². The first-order valence-electron chi connectivity index (χ1n) is 5.46. The third-order valence-corrected chi connectivity index (χ3v) is 3.04. The highest BCUT2D eigenvalue weighted by Crippen LogP contribution is 2.44. The first-order valence-corrected chi connectivity index (χ1v) is 5.46. The molecule has 1 unspecified atom stereocenters. The van der Waals surface area contributed by atoms with Gasteiger partial charge < -0.3 is 5.32 Å². The SMILES string of the molecule is CCC(C)NC1(c2ccccn2)CC1. The molecule has 1 aromatic rings. The van der Waals surface area contributed by atoms with Gasteiger partial charge in [0.2, 0.25) is 0 Å². The van der Waals surface area contributed by atoms with Crippen LogP contribution < -0.4 is 5.32 Å². The summed E-state index contributed by atoms with van der Waals surface area (Å²) in [5.41, 5.74) is 1.41. The van der Waals surface area contributed by atoms with Gasteiger partial charge in [-0.25, -0.2) is 0 Å². The van der Waals surface area contributed by atoms with Crippen LogP contribution in [0.25, 0.3) is 0 Å². The third kappa shape index (κ3) is 1.80. The zero-order chi connectivity index (χ0) is 10.0. The van der Waals surface area contributed by atoms with Gasteiger partial charge in [-0.2, -0.15) is 0 Å². The van der Waals surface area contributed by atoms with Crippen LogP contribution in [-0.2, 0) is 5.54 Å². The zero-order valence-corrected chi connectivity index (χ0v) is 8.96. The fraction of sp³-hybridized carbons (Fsp3) is 0.583. The number of hydrogen-bond donors (Lipinski definition) is 1. The summed E-state index contributed by atoms with van der Waals surface area (Å²) in [5, 5.41) is 3.67. The molecule has 0 amide bonds. The van der Waals surface area contributed by atoms with Crippen LogP contribution in [0.5, 0.6) is 0 Å². The second-order valence-electron chi connectivity index (χ2n) is 4.25. The Balaban J connectivity index is 2.10. The molecule has 2 nitrogen and oxygen atoms in total. The first-order chi connectivity index (χ1) is 6.77. The van der Waals surface area contributed by atoms with Crippen molar-refractivity contribution in [1.29, 1.82) is 0 Å². The summed E-state index contributed by atoms with van der Waals surface area (Å²) in [4.78, 5) is 4.44. The van der Waals surface area contributed by atoms with Gasteiger partial charge in [-0.05, 0) is 38.3 Å².